The summed E-state index contributed by atoms with van der Waals surface area (Å²) in [6.45, 7) is 20.0. The van der Waals surface area contributed by atoms with Gasteiger partial charge in [0, 0.05) is 11.9 Å². The van der Waals surface area contributed by atoms with Crippen molar-refractivity contribution in [3.8, 4) is 0 Å². The third-order valence-electron chi connectivity index (χ3n) is 2.07. The summed E-state index contributed by atoms with van der Waals surface area (Å²) >= 11 is 0. The first-order chi connectivity index (χ1) is 7.52. The molecule has 0 aromatic heterocycles. The number of hydrogen-bond acceptors (Lipinski definition) is 1. The van der Waals surface area contributed by atoms with Gasteiger partial charge >= 0.3 is 0 Å². The van der Waals surface area contributed by atoms with Crippen LogP contribution in [0.5, 0.6) is 0 Å². The van der Waals surface area contributed by atoms with E-state index in [0.29, 0.717) is 11.8 Å². The van der Waals surface area contributed by atoms with E-state index in [1.807, 2.05) is 32.2 Å². The Hall–Kier alpha value is -1.11. The molecule has 0 saturated heterocycles. The van der Waals surface area contributed by atoms with E-state index in [0.717, 1.165) is 11.3 Å². The zero-order valence-electron chi connectivity index (χ0n) is 11.7. The minimum absolute atomic E-state index is 0.418. The van der Waals surface area contributed by atoms with E-state index in [9.17, 15) is 0 Å². The highest BCUT2D eigenvalue weighted by Crippen LogP contribution is 2.11. The minimum Gasteiger partial charge on any atom is -0.261 e. The molecule has 0 aliphatic heterocycles. The van der Waals surface area contributed by atoms with E-state index in [-0.39, 0.29) is 0 Å². The molecule has 0 N–H and O–H groups in total. The van der Waals surface area contributed by atoms with E-state index < -0.39 is 0 Å². The molecular weight excluding hydrogens is 194 g/mol. The number of nitrogens with zero attached hydrogens (tertiary/aromatic N) is 1. The van der Waals surface area contributed by atoms with Gasteiger partial charge in [0.05, 0.1) is 0 Å². The van der Waals surface area contributed by atoms with Gasteiger partial charge in [-0.3, -0.25) is 4.99 Å². The predicted molar refractivity (Wildman–Crippen MR) is 76.9 cm³/mol. The first kappa shape index (κ1) is 17.3. The Morgan fingerprint density at radius 3 is 1.69 bits per heavy atom. The molecule has 0 heterocycles. The van der Waals surface area contributed by atoms with Crippen LogP contribution in [0.3, 0.4) is 0 Å². The summed E-state index contributed by atoms with van der Waals surface area (Å²) in [5, 5.41) is 0. The van der Waals surface area contributed by atoms with Crippen LogP contribution in [0.25, 0.3) is 0 Å². The Morgan fingerprint density at radius 2 is 1.44 bits per heavy atom. The van der Waals surface area contributed by atoms with Gasteiger partial charge in [0.25, 0.3) is 0 Å². The molecule has 0 aromatic carbocycles. The number of allylic oxidation sites excluding steroid dienone is 3. The van der Waals surface area contributed by atoms with Crippen LogP contribution in [-0.4, -0.2) is 5.71 Å². The maximum absolute atomic E-state index is 4.40. The van der Waals surface area contributed by atoms with Crippen molar-refractivity contribution in [2.45, 2.75) is 41.5 Å². The molecule has 0 atom stereocenters. The highest BCUT2D eigenvalue weighted by molar-refractivity contribution is 5.96. The fourth-order valence-electron chi connectivity index (χ4n) is 1.02. The van der Waals surface area contributed by atoms with Crippen molar-refractivity contribution in [1.82, 2.24) is 0 Å². The molecule has 0 rings (SSSR count). The van der Waals surface area contributed by atoms with Gasteiger partial charge in [-0.1, -0.05) is 60.8 Å². The zero-order chi connectivity index (χ0) is 13.1. The lowest BCUT2D eigenvalue weighted by molar-refractivity contribution is 0.788. The van der Waals surface area contributed by atoms with Crippen LogP contribution < -0.4 is 0 Å². The molecule has 0 aromatic rings. The molecule has 92 valence electrons. The Morgan fingerprint density at radius 1 is 0.938 bits per heavy atom. The largest absolute Gasteiger partial charge is 0.261 e. The average Bonchev–Trinajstić information content (AvgIpc) is 2.26. The lowest BCUT2D eigenvalue weighted by atomic mass is 10.0. The van der Waals surface area contributed by atoms with Crippen molar-refractivity contribution in [3.63, 3.8) is 0 Å². The Balaban J connectivity index is 0. The summed E-state index contributed by atoms with van der Waals surface area (Å²) < 4.78 is 0. The van der Waals surface area contributed by atoms with E-state index in [1.165, 1.54) is 0 Å². The maximum atomic E-state index is 4.40. The van der Waals surface area contributed by atoms with E-state index >= 15 is 0 Å². The lowest BCUT2D eigenvalue weighted by Gasteiger charge is -2.06. The van der Waals surface area contributed by atoms with Crippen LogP contribution in [0.1, 0.15) is 41.5 Å². The lowest BCUT2D eigenvalue weighted by Crippen LogP contribution is -2.02. The first-order valence-electron chi connectivity index (χ1n) is 6.05. The van der Waals surface area contributed by atoms with Crippen molar-refractivity contribution in [2.24, 2.45) is 16.8 Å². The minimum atomic E-state index is 0.418. The predicted octanol–water partition coefficient (Wildman–Crippen LogP) is 5.02. The highest BCUT2D eigenvalue weighted by atomic mass is 14.7. The van der Waals surface area contributed by atoms with Gasteiger partial charge in [0.15, 0.2) is 0 Å². The third-order valence-corrected chi connectivity index (χ3v) is 2.07. The molecule has 0 bridgehead atoms. The summed E-state index contributed by atoms with van der Waals surface area (Å²) in [4.78, 5) is 4.40. The van der Waals surface area contributed by atoms with Gasteiger partial charge in [0.2, 0.25) is 0 Å². The molecule has 0 amide bonds. The molecule has 1 nitrogen and oxygen atoms in total. The average molecular weight is 221 g/mol. The Labute approximate surface area is 102 Å². The molecular formula is C15H27N. The quantitative estimate of drug-likeness (QED) is 0.456. The third kappa shape index (κ3) is 7.22. The van der Waals surface area contributed by atoms with Gasteiger partial charge in [0.1, 0.15) is 0 Å². The molecule has 0 aliphatic rings. The van der Waals surface area contributed by atoms with Crippen LogP contribution in [0.4, 0.5) is 0 Å². The van der Waals surface area contributed by atoms with Crippen LogP contribution in [0.15, 0.2) is 42.1 Å². The summed E-state index contributed by atoms with van der Waals surface area (Å²) in [6.07, 6.45) is 5.55. The first-order valence-corrected chi connectivity index (χ1v) is 6.05. The second-order valence-corrected chi connectivity index (χ2v) is 3.90. The van der Waals surface area contributed by atoms with Crippen molar-refractivity contribution in [3.05, 3.63) is 37.1 Å². The van der Waals surface area contributed by atoms with Gasteiger partial charge in [-0.05, 0) is 23.5 Å². The molecule has 1 heteroatoms. The van der Waals surface area contributed by atoms with Crippen LogP contribution in [-0.2, 0) is 0 Å². The molecule has 0 fully saturated rings. The number of rotatable bonds is 5. The molecule has 0 unspecified atom stereocenters. The van der Waals surface area contributed by atoms with Crippen LogP contribution in [0.2, 0.25) is 0 Å². The van der Waals surface area contributed by atoms with Crippen molar-refractivity contribution in [2.75, 3.05) is 0 Å². The fourth-order valence-corrected chi connectivity index (χ4v) is 1.02. The molecule has 16 heavy (non-hydrogen) atoms. The summed E-state index contributed by atoms with van der Waals surface area (Å²) in [6, 6.07) is 0. The smallest absolute Gasteiger partial charge is 0.0423 e. The monoisotopic (exact) mass is 221 g/mol. The standard InChI is InChI=1S/C13H21N.C2H6/c1-7-12(10(3)4)9-14-13(8-2)11(5)6;1-2/h7-11H,1-2H2,3-6H3;1-2H3/b12-9+,14-13?;. The zero-order valence-corrected chi connectivity index (χ0v) is 11.7. The SMILES string of the molecule is C=CC(=N/C=C(\C=C)C(C)C)C(C)C.CC. The van der Waals surface area contributed by atoms with E-state index in [4.69, 9.17) is 0 Å². The Kier molecular flexibility index (Phi) is 11.2. The van der Waals surface area contributed by atoms with Crippen LogP contribution in [0, 0.1) is 11.8 Å². The fraction of sp³-hybridized carbons (Fsp3) is 0.533. The van der Waals surface area contributed by atoms with Gasteiger partial charge in [-0.15, -0.1) is 0 Å². The van der Waals surface area contributed by atoms with Crippen LogP contribution >= 0.6 is 0 Å². The van der Waals surface area contributed by atoms with Crippen molar-refractivity contribution >= 4 is 5.71 Å². The topological polar surface area (TPSA) is 12.4 Å². The van der Waals surface area contributed by atoms with Gasteiger partial charge < -0.3 is 0 Å². The second-order valence-electron chi connectivity index (χ2n) is 3.90. The molecule has 0 radical (unpaired) electrons. The molecule has 0 saturated carbocycles. The summed E-state index contributed by atoms with van der Waals surface area (Å²) in [5.74, 6) is 0.886. The van der Waals surface area contributed by atoms with Crippen molar-refractivity contribution < 1.29 is 0 Å². The van der Waals surface area contributed by atoms with E-state index in [2.05, 4.69) is 45.8 Å². The summed E-state index contributed by atoms with van der Waals surface area (Å²) in [7, 11) is 0. The second kappa shape index (κ2) is 10.4. The number of hydrogen-bond donors (Lipinski definition) is 0. The molecule has 0 spiro atoms. The van der Waals surface area contributed by atoms with E-state index in [1.54, 1.807) is 0 Å². The van der Waals surface area contributed by atoms with Gasteiger partial charge in [-0.2, -0.15) is 0 Å². The normalized spacial score (nSPS) is 12.2. The number of aliphatic imine (C=N–C) groups is 1. The molecule has 0 aliphatic carbocycles. The van der Waals surface area contributed by atoms with Crippen molar-refractivity contribution in [1.29, 1.82) is 0 Å². The highest BCUT2D eigenvalue weighted by Gasteiger charge is 2.00. The van der Waals surface area contributed by atoms with Gasteiger partial charge in [-0.25, -0.2) is 0 Å². The summed E-state index contributed by atoms with van der Waals surface area (Å²) in [5.41, 5.74) is 2.18. The Bertz CT molecular complexity index is 227. The maximum Gasteiger partial charge on any atom is 0.0423 e.